The largest absolute Gasteiger partial charge is 0.494 e. The summed E-state index contributed by atoms with van der Waals surface area (Å²) in [5.41, 5.74) is 9.71. The molecule has 0 fully saturated rings. The molecule has 0 bridgehead atoms. The maximum absolute atomic E-state index is 9.92. The Hall–Kier alpha value is -3.90. The topological polar surface area (TPSA) is 98.1 Å². The SMILES string of the molecule is CCOc1ccc([C@H]2C(C#N)=C(N)N3C(=C2C#N)Nc2ccccc23)cc1. The Bertz CT molecular complexity index is 1050. The molecule has 2 aliphatic heterocycles. The molecule has 1 atom stereocenters. The molecule has 6 nitrogen and oxygen atoms in total. The van der Waals surface area contributed by atoms with Gasteiger partial charge < -0.3 is 15.8 Å². The summed E-state index contributed by atoms with van der Waals surface area (Å²) in [4.78, 5) is 1.75. The Morgan fingerprint density at radius 1 is 1.07 bits per heavy atom. The number of nitrogens with one attached hydrogen (secondary N) is 1. The molecule has 0 amide bonds. The van der Waals surface area contributed by atoms with Crippen LogP contribution < -0.4 is 20.7 Å². The number of hydrogen-bond acceptors (Lipinski definition) is 6. The highest BCUT2D eigenvalue weighted by Gasteiger charge is 2.40. The van der Waals surface area contributed by atoms with Crippen LogP contribution in [0.3, 0.4) is 0 Å². The molecule has 0 saturated carbocycles. The van der Waals surface area contributed by atoms with Crippen molar-refractivity contribution in [3.05, 3.63) is 76.9 Å². The second-order valence-corrected chi connectivity index (χ2v) is 6.20. The highest BCUT2D eigenvalue weighted by Crippen LogP contribution is 2.47. The molecule has 27 heavy (non-hydrogen) atoms. The third-order valence-electron chi connectivity index (χ3n) is 4.74. The van der Waals surface area contributed by atoms with Crippen LogP contribution in [0.25, 0.3) is 0 Å². The molecule has 2 aromatic carbocycles. The number of nitrogens with zero attached hydrogens (tertiary/aromatic N) is 3. The van der Waals surface area contributed by atoms with Gasteiger partial charge in [-0.05, 0) is 36.8 Å². The molecule has 0 aliphatic carbocycles. The number of para-hydroxylation sites is 2. The summed E-state index contributed by atoms with van der Waals surface area (Å²) < 4.78 is 5.49. The van der Waals surface area contributed by atoms with E-state index < -0.39 is 5.92 Å². The molecule has 6 heteroatoms. The fraction of sp³-hybridized carbons (Fsp3) is 0.143. The van der Waals surface area contributed by atoms with Gasteiger partial charge in [-0.3, -0.25) is 4.90 Å². The lowest BCUT2D eigenvalue weighted by Crippen LogP contribution is -2.34. The Kier molecular flexibility index (Phi) is 3.95. The van der Waals surface area contributed by atoms with Crippen molar-refractivity contribution in [3.63, 3.8) is 0 Å². The molecule has 4 rings (SSSR count). The van der Waals surface area contributed by atoms with Gasteiger partial charge in [0.15, 0.2) is 0 Å². The second kappa shape index (κ2) is 6.44. The van der Waals surface area contributed by atoms with Crippen molar-refractivity contribution in [2.75, 3.05) is 16.8 Å². The van der Waals surface area contributed by atoms with Crippen LogP contribution in [0.2, 0.25) is 0 Å². The third-order valence-corrected chi connectivity index (χ3v) is 4.74. The third kappa shape index (κ3) is 2.47. The van der Waals surface area contributed by atoms with Crippen LogP contribution in [-0.2, 0) is 0 Å². The predicted molar refractivity (Wildman–Crippen MR) is 102 cm³/mol. The molecule has 2 heterocycles. The molecule has 0 spiro atoms. The molecule has 2 aromatic rings. The number of allylic oxidation sites excluding steroid dienone is 2. The van der Waals surface area contributed by atoms with Gasteiger partial charge in [0.05, 0.1) is 47.2 Å². The minimum Gasteiger partial charge on any atom is -0.494 e. The molecular formula is C21H17N5O. The summed E-state index contributed by atoms with van der Waals surface area (Å²) in [7, 11) is 0. The lowest BCUT2D eigenvalue weighted by atomic mass is 9.83. The van der Waals surface area contributed by atoms with E-state index in [2.05, 4.69) is 17.5 Å². The van der Waals surface area contributed by atoms with Gasteiger partial charge in [0.2, 0.25) is 0 Å². The molecule has 0 unspecified atom stereocenters. The number of nitrogens with two attached hydrogens (primary N) is 1. The summed E-state index contributed by atoms with van der Waals surface area (Å²) in [6.45, 7) is 2.49. The van der Waals surface area contributed by atoms with Crippen LogP contribution in [0.15, 0.2) is 71.3 Å². The first-order valence-corrected chi connectivity index (χ1v) is 8.62. The van der Waals surface area contributed by atoms with Gasteiger partial charge in [-0.2, -0.15) is 10.5 Å². The van der Waals surface area contributed by atoms with Crippen molar-refractivity contribution in [2.24, 2.45) is 5.73 Å². The number of anilines is 2. The van der Waals surface area contributed by atoms with E-state index in [1.165, 1.54) is 0 Å². The molecule has 0 saturated heterocycles. The average molecular weight is 355 g/mol. The Labute approximate surface area is 157 Å². The van der Waals surface area contributed by atoms with E-state index in [1.807, 2.05) is 55.5 Å². The van der Waals surface area contributed by atoms with Crippen LogP contribution in [0, 0.1) is 22.7 Å². The quantitative estimate of drug-likeness (QED) is 0.874. The van der Waals surface area contributed by atoms with Crippen molar-refractivity contribution in [1.82, 2.24) is 0 Å². The fourth-order valence-corrected chi connectivity index (χ4v) is 3.56. The zero-order valence-corrected chi connectivity index (χ0v) is 14.7. The number of hydrogen-bond donors (Lipinski definition) is 2. The molecular weight excluding hydrogens is 338 g/mol. The summed E-state index contributed by atoms with van der Waals surface area (Å²) in [5, 5.41) is 23.0. The van der Waals surface area contributed by atoms with E-state index in [9.17, 15) is 10.5 Å². The van der Waals surface area contributed by atoms with Gasteiger partial charge in [0.1, 0.15) is 17.4 Å². The van der Waals surface area contributed by atoms with Gasteiger partial charge in [-0.25, -0.2) is 0 Å². The van der Waals surface area contributed by atoms with E-state index in [1.54, 1.807) is 4.90 Å². The Morgan fingerprint density at radius 3 is 2.44 bits per heavy atom. The number of rotatable bonds is 3. The van der Waals surface area contributed by atoms with Crippen LogP contribution in [0.5, 0.6) is 5.75 Å². The molecule has 0 radical (unpaired) electrons. The maximum Gasteiger partial charge on any atom is 0.131 e. The van der Waals surface area contributed by atoms with Crippen LogP contribution >= 0.6 is 0 Å². The minimum absolute atomic E-state index is 0.336. The van der Waals surface area contributed by atoms with E-state index in [4.69, 9.17) is 10.5 Å². The maximum atomic E-state index is 9.92. The number of nitriles is 2. The standard InChI is InChI=1S/C21H17N5O/c1-2-27-14-9-7-13(8-10-14)19-15(11-22)20(24)26-18-6-4-3-5-17(18)25-21(26)16(19)12-23/h3-10,19,25H,2,24H2,1H3/t19-/m0/s1. The molecule has 2 aliphatic rings. The minimum atomic E-state index is -0.524. The zero-order valence-electron chi connectivity index (χ0n) is 14.7. The van der Waals surface area contributed by atoms with Gasteiger partial charge in [-0.15, -0.1) is 0 Å². The highest BCUT2D eigenvalue weighted by molar-refractivity contribution is 5.86. The lowest BCUT2D eigenvalue weighted by molar-refractivity contribution is 0.340. The Balaban J connectivity index is 1.87. The Morgan fingerprint density at radius 2 is 1.78 bits per heavy atom. The van der Waals surface area contributed by atoms with Gasteiger partial charge in [-0.1, -0.05) is 24.3 Å². The zero-order chi connectivity index (χ0) is 19.0. The van der Waals surface area contributed by atoms with Crippen LogP contribution in [0.4, 0.5) is 11.4 Å². The van der Waals surface area contributed by atoms with Crippen molar-refractivity contribution >= 4 is 11.4 Å². The number of fused-ring (bicyclic) bond motifs is 3. The van der Waals surface area contributed by atoms with Gasteiger partial charge in [0.25, 0.3) is 0 Å². The van der Waals surface area contributed by atoms with Gasteiger partial charge >= 0.3 is 0 Å². The fourth-order valence-electron chi connectivity index (χ4n) is 3.56. The van der Waals surface area contributed by atoms with Crippen molar-refractivity contribution in [3.8, 4) is 17.9 Å². The normalized spacial score (nSPS) is 17.6. The predicted octanol–water partition coefficient (Wildman–Crippen LogP) is 3.54. The van der Waals surface area contributed by atoms with Crippen LogP contribution in [0.1, 0.15) is 18.4 Å². The molecule has 132 valence electrons. The molecule has 3 N–H and O–H groups in total. The lowest BCUT2D eigenvalue weighted by Gasteiger charge is -2.31. The first kappa shape index (κ1) is 16.6. The average Bonchev–Trinajstić information content (AvgIpc) is 3.08. The summed E-state index contributed by atoms with van der Waals surface area (Å²) in [5.74, 6) is 1.16. The van der Waals surface area contributed by atoms with E-state index in [0.29, 0.717) is 29.4 Å². The van der Waals surface area contributed by atoms with Crippen molar-refractivity contribution in [2.45, 2.75) is 12.8 Å². The summed E-state index contributed by atoms with van der Waals surface area (Å²) in [6.07, 6.45) is 0. The number of ether oxygens (including phenoxy) is 1. The van der Waals surface area contributed by atoms with Crippen LogP contribution in [-0.4, -0.2) is 6.61 Å². The smallest absolute Gasteiger partial charge is 0.131 e. The first-order chi connectivity index (χ1) is 13.2. The molecule has 0 aromatic heterocycles. The summed E-state index contributed by atoms with van der Waals surface area (Å²) in [6, 6.07) is 19.6. The first-order valence-electron chi connectivity index (χ1n) is 8.62. The monoisotopic (exact) mass is 355 g/mol. The van der Waals surface area contributed by atoms with E-state index in [-0.39, 0.29) is 0 Å². The van der Waals surface area contributed by atoms with Crippen molar-refractivity contribution < 1.29 is 4.74 Å². The summed E-state index contributed by atoms with van der Waals surface area (Å²) >= 11 is 0. The van der Waals surface area contributed by atoms with E-state index in [0.717, 1.165) is 22.7 Å². The highest BCUT2D eigenvalue weighted by atomic mass is 16.5. The number of benzene rings is 2. The van der Waals surface area contributed by atoms with Crippen molar-refractivity contribution in [1.29, 1.82) is 10.5 Å². The van der Waals surface area contributed by atoms with Gasteiger partial charge in [0, 0.05) is 0 Å². The second-order valence-electron chi connectivity index (χ2n) is 6.20. The van der Waals surface area contributed by atoms with E-state index >= 15 is 0 Å².